The lowest BCUT2D eigenvalue weighted by molar-refractivity contribution is -0.137. The average molecular weight is 395 g/mol. The van der Waals surface area contributed by atoms with Crippen LogP contribution in [0.1, 0.15) is 30.8 Å². The predicted molar refractivity (Wildman–Crippen MR) is 92.6 cm³/mol. The highest BCUT2D eigenvalue weighted by Crippen LogP contribution is 2.26. The van der Waals surface area contributed by atoms with Crippen molar-refractivity contribution in [1.82, 2.24) is 10.3 Å². The molecule has 2 rings (SSSR count). The third kappa shape index (κ3) is 5.49. The van der Waals surface area contributed by atoms with E-state index < -0.39 is 5.97 Å². The van der Waals surface area contributed by atoms with Crippen LogP contribution in [0.15, 0.2) is 33.2 Å². The summed E-state index contributed by atoms with van der Waals surface area (Å²) >= 11 is 3.39. The van der Waals surface area contributed by atoms with Gasteiger partial charge >= 0.3 is 5.97 Å². The van der Waals surface area contributed by atoms with Crippen LogP contribution in [-0.4, -0.2) is 28.5 Å². The van der Waals surface area contributed by atoms with Gasteiger partial charge in [0.05, 0.1) is 5.69 Å². The van der Waals surface area contributed by atoms with E-state index in [4.69, 9.17) is 9.52 Å². The third-order valence-electron chi connectivity index (χ3n) is 3.40. The molecule has 1 aromatic heterocycles. The zero-order valence-corrected chi connectivity index (χ0v) is 14.9. The van der Waals surface area contributed by atoms with Crippen molar-refractivity contribution in [2.45, 2.75) is 32.6 Å². The number of oxazole rings is 1. The van der Waals surface area contributed by atoms with Gasteiger partial charge in [0.2, 0.25) is 5.91 Å². The molecule has 0 saturated carbocycles. The molecule has 0 saturated heterocycles. The Morgan fingerprint density at radius 2 is 1.96 bits per heavy atom. The summed E-state index contributed by atoms with van der Waals surface area (Å²) in [4.78, 5) is 26.5. The van der Waals surface area contributed by atoms with Crippen LogP contribution < -0.4 is 5.32 Å². The second kappa shape index (κ2) is 8.63. The molecule has 6 nitrogen and oxygen atoms in total. The molecule has 1 amide bonds. The fourth-order valence-electron chi connectivity index (χ4n) is 2.20. The lowest BCUT2D eigenvalue weighted by Crippen LogP contribution is -2.25. The fraction of sp³-hybridized carbons (Fsp3) is 0.353. The van der Waals surface area contributed by atoms with E-state index in [0.717, 1.165) is 15.7 Å². The zero-order chi connectivity index (χ0) is 17.5. The number of aryl methyl sites for hydroxylation is 2. The summed E-state index contributed by atoms with van der Waals surface area (Å²) in [5.41, 5.74) is 1.72. The first-order valence-corrected chi connectivity index (χ1v) is 8.45. The van der Waals surface area contributed by atoms with E-state index in [1.807, 2.05) is 31.2 Å². The highest BCUT2D eigenvalue weighted by Gasteiger charge is 2.13. The van der Waals surface area contributed by atoms with Gasteiger partial charge in [-0.25, -0.2) is 4.98 Å². The van der Waals surface area contributed by atoms with E-state index in [0.29, 0.717) is 31.0 Å². The van der Waals surface area contributed by atoms with Crippen LogP contribution in [0.3, 0.4) is 0 Å². The molecule has 0 spiro atoms. The minimum atomic E-state index is -0.861. The molecule has 24 heavy (non-hydrogen) atoms. The second-order valence-electron chi connectivity index (χ2n) is 5.38. The molecule has 0 atom stereocenters. The van der Waals surface area contributed by atoms with Crippen LogP contribution in [0.2, 0.25) is 0 Å². The first-order chi connectivity index (χ1) is 11.5. The summed E-state index contributed by atoms with van der Waals surface area (Å²) in [6, 6.07) is 7.75. The van der Waals surface area contributed by atoms with Crippen molar-refractivity contribution in [3.63, 3.8) is 0 Å². The highest BCUT2D eigenvalue weighted by molar-refractivity contribution is 9.10. The van der Waals surface area contributed by atoms with Gasteiger partial charge in [-0.1, -0.05) is 28.1 Å². The number of halogens is 1. The molecule has 0 aliphatic heterocycles. The summed E-state index contributed by atoms with van der Waals surface area (Å²) in [5, 5.41) is 11.2. The Labute approximate surface area is 148 Å². The number of benzene rings is 1. The Balaban J connectivity index is 1.85. The summed E-state index contributed by atoms with van der Waals surface area (Å²) < 4.78 is 6.75. The van der Waals surface area contributed by atoms with E-state index >= 15 is 0 Å². The number of hydrogen-bond donors (Lipinski definition) is 2. The van der Waals surface area contributed by atoms with Crippen molar-refractivity contribution in [2.24, 2.45) is 0 Å². The van der Waals surface area contributed by atoms with Crippen LogP contribution in [0.25, 0.3) is 11.3 Å². The van der Waals surface area contributed by atoms with Crippen LogP contribution in [0, 0.1) is 6.92 Å². The van der Waals surface area contributed by atoms with Crippen molar-refractivity contribution < 1.29 is 19.1 Å². The number of carboxylic acid groups (broad SMARTS) is 1. The number of rotatable bonds is 8. The first-order valence-electron chi connectivity index (χ1n) is 7.66. The second-order valence-corrected chi connectivity index (χ2v) is 6.29. The number of amides is 1. The van der Waals surface area contributed by atoms with E-state index in [2.05, 4.69) is 26.2 Å². The van der Waals surface area contributed by atoms with Gasteiger partial charge < -0.3 is 14.8 Å². The zero-order valence-electron chi connectivity index (χ0n) is 13.3. The van der Waals surface area contributed by atoms with E-state index in [-0.39, 0.29) is 18.7 Å². The first kappa shape index (κ1) is 18.2. The van der Waals surface area contributed by atoms with Crippen molar-refractivity contribution in [2.75, 3.05) is 6.54 Å². The van der Waals surface area contributed by atoms with Crippen molar-refractivity contribution >= 4 is 27.8 Å². The number of aromatic nitrogens is 1. The van der Waals surface area contributed by atoms with Gasteiger partial charge in [-0.15, -0.1) is 0 Å². The van der Waals surface area contributed by atoms with Gasteiger partial charge in [0.15, 0.2) is 11.7 Å². The number of aliphatic carboxylic acids is 1. The van der Waals surface area contributed by atoms with Crippen LogP contribution in [-0.2, 0) is 16.0 Å². The van der Waals surface area contributed by atoms with Crippen LogP contribution in [0.5, 0.6) is 0 Å². The van der Waals surface area contributed by atoms with Gasteiger partial charge in [0.25, 0.3) is 0 Å². The average Bonchev–Trinajstić information content (AvgIpc) is 2.91. The number of nitrogens with one attached hydrogen (secondary N) is 1. The lowest BCUT2D eigenvalue weighted by Gasteiger charge is -2.02. The number of nitrogens with zero attached hydrogens (tertiary/aromatic N) is 1. The number of carbonyl (C=O) groups is 2. The lowest BCUT2D eigenvalue weighted by atomic mass is 10.1. The Kier molecular flexibility index (Phi) is 6.54. The monoisotopic (exact) mass is 394 g/mol. The largest absolute Gasteiger partial charge is 0.481 e. The maximum Gasteiger partial charge on any atom is 0.303 e. The molecule has 1 aromatic carbocycles. The maximum absolute atomic E-state index is 11.7. The number of carboxylic acids is 1. The predicted octanol–water partition coefficient (Wildman–Crippen LogP) is 3.33. The molecule has 0 fully saturated rings. The Bertz CT molecular complexity index is 710. The van der Waals surface area contributed by atoms with Crippen LogP contribution in [0.4, 0.5) is 0 Å². The summed E-state index contributed by atoms with van der Waals surface area (Å²) in [5.74, 6) is 0.229. The Morgan fingerprint density at radius 3 is 2.62 bits per heavy atom. The molecule has 0 aliphatic carbocycles. The molecule has 1 heterocycles. The topological polar surface area (TPSA) is 92.4 Å². The number of hydrogen-bond acceptors (Lipinski definition) is 4. The molecule has 2 aromatic rings. The smallest absolute Gasteiger partial charge is 0.303 e. The van der Waals surface area contributed by atoms with E-state index in [1.54, 1.807) is 0 Å². The minimum Gasteiger partial charge on any atom is -0.481 e. The molecule has 0 bridgehead atoms. The van der Waals surface area contributed by atoms with E-state index in [1.165, 1.54) is 0 Å². The van der Waals surface area contributed by atoms with Crippen molar-refractivity contribution in [3.05, 3.63) is 40.3 Å². The van der Waals surface area contributed by atoms with E-state index in [9.17, 15) is 9.59 Å². The Hall–Kier alpha value is -2.15. The third-order valence-corrected chi connectivity index (χ3v) is 3.93. The summed E-state index contributed by atoms with van der Waals surface area (Å²) in [6.45, 7) is 2.23. The highest BCUT2D eigenvalue weighted by atomic mass is 79.9. The van der Waals surface area contributed by atoms with Gasteiger partial charge in [-0.05, 0) is 25.5 Å². The maximum atomic E-state index is 11.7. The normalized spacial score (nSPS) is 10.6. The molecule has 2 N–H and O–H groups in total. The van der Waals surface area contributed by atoms with Crippen LogP contribution >= 0.6 is 15.9 Å². The molecule has 128 valence electrons. The molecular formula is C17H19BrN2O4. The van der Waals surface area contributed by atoms with Gasteiger partial charge in [0, 0.05) is 35.8 Å². The summed E-state index contributed by atoms with van der Waals surface area (Å²) in [6.07, 6.45) is 1.14. The van der Waals surface area contributed by atoms with Crippen molar-refractivity contribution in [3.8, 4) is 11.3 Å². The Morgan fingerprint density at radius 1 is 1.25 bits per heavy atom. The molecular weight excluding hydrogens is 376 g/mol. The molecule has 0 aliphatic rings. The summed E-state index contributed by atoms with van der Waals surface area (Å²) in [7, 11) is 0. The van der Waals surface area contributed by atoms with Gasteiger partial charge in [0.1, 0.15) is 0 Å². The van der Waals surface area contributed by atoms with Gasteiger partial charge in [-0.2, -0.15) is 0 Å². The minimum absolute atomic E-state index is 0.0514. The molecule has 0 radical (unpaired) electrons. The van der Waals surface area contributed by atoms with Gasteiger partial charge in [-0.3, -0.25) is 9.59 Å². The van der Waals surface area contributed by atoms with Crippen molar-refractivity contribution in [1.29, 1.82) is 0 Å². The number of carbonyl (C=O) groups excluding carboxylic acids is 1. The standard InChI is InChI=1S/C17H19BrN2O4/c1-11-17(12-4-6-13(18)7-5-12)24-15(20-11)9-8-14(21)19-10-2-3-16(22)23/h4-7H,2-3,8-10H2,1H3,(H,19,21)(H,22,23). The fourth-order valence-corrected chi connectivity index (χ4v) is 2.47. The molecule has 0 unspecified atom stereocenters. The quantitative estimate of drug-likeness (QED) is 0.669. The SMILES string of the molecule is Cc1nc(CCC(=O)NCCCC(=O)O)oc1-c1ccc(Br)cc1. The molecule has 7 heteroatoms.